The molecule has 102 valence electrons. The van der Waals surface area contributed by atoms with Gasteiger partial charge in [-0.1, -0.05) is 11.6 Å². The Bertz CT molecular complexity index is 517. The third-order valence-corrected chi connectivity index (χ3v) is 3.63. The van der Waals surface area contributed by atoms with Gasteiger partial charge in [-0.25, -0.2) is 0 Å². The van der Waals surface area contributed by atoms with Crippen molar-refractivity contribution < 1.29 is 19.8 Å². The van der Waals surface area contributed by atoms with Crippen LogP contribution in [0.25, 0.3) is 0 Å². The molecule has 0 saturated heterocycles. The molecule has 0 heterocycles. The Kier molecular flexibility index (Phi) is 3.95. The molecule has 1 amide bonds. The van der Waals surface area contributed by atoms with Crippen molar-refractivity contribution in [3.63, 3.8) is 0 Å². The molecule has 5 nitrogen and oxygen atoms in total. The number of hydrogen-bond acceptors (Lipinski definition) is 3. The monoisotopic (exact) mass is 283 g/mol. The number of amides is 1. The molecule has 2 rings (SSSR count). The zero-order chi connectivity index (χ0) is 14.0. The molecule has 3 N–H and O–H groups in total. The van der Waals surface area contributed by atoms with Crippen LogP contribution in [-0.2, 0) is 4.79 Å². The maximum atomic E-state index is 11.9. The highest BCUT2D eigenvalue weighted by atomic mass is 35.5. The second-order valence-electron chi connectivity index (χ2n) is 4.68. The van der Waals surface area contributed by atoms with Crippen molar-refractivity contribution >= 4 is 23.5 Å². The normalized spacial score (nSPS) is 22.2. The van der Waals surface area contributed by atoms with Gasteiger partial charge in [-0.2, -0.15) is 0 Å². The molecule has 19 heavy (non-hydrogen) atoms. The summed E-state index contributed by atoms with van der Waals surface area (Å²) in [6, 6.07) is 4.09. The maximum absolute atomic E-state index is 11.9. The summed E-state index contributed by atoms with van der Waals surface area (Å²) in [5.74, 6) is -1.58. The molecule has 0 bridgehead atoms. The van der Waals surface area contributed by atoms with Crippen LogP contribution in [-0.4, -0.2) is 28.1 Å². The Morgan fingerprint density at radius 3 is 2.63 bits per heavy atom. The minimum absolute atomic E-state index is 0.0787. The van der Waals surface area contributed by atoms with E-state index in [2.05, 4.69) is 5.32 Å². The minimum Gasteiger partial charge on any atom is -0.506 e. The van der Waals surface area contributed by atoms with Crippen molar-refractivity contribution in [2.75, 3.05) is 0 Å². The minimum atomic E-state index is -0.815. The lowest BCUT2D eigenvalue weighted by Gasteiger charge is -2.12. The second kappa shape index (κ2) is 5.48. The van der Waals surface area contributed by atoms with Crippen molar-refractivity contribution in [1.29, 1.82) is 0 Å². The first-order chi connectivity index (χ1) is 8.97. The molecule has 0 aliphatic heterocycles. The molecule has 1 aromatic carbocycles. The Hall–Kier alpha value is -1.75. The Balaban J connectivity index is 1.98. The first-order valence-electron chi connectivity index (χ1n) is 5.99. The first-order valence-corrected chi connectivity index (χ1v) is 6.37. The van der Waals surface area contributed by atoms with E-state index in [0.717, 1.165) is 0 Å². The highest BCUT2D eigenvalue weighted by molar-refractivity contribution is 6.32. The number of nitrogens with one attached hydrogen (secondary N) is 1. The fraction of sp³-hybridized carbons (Fsp3) is 0.385. The van der Waals surface area contributed by atoms with E-state index >= 15 is 0 Å². The van der Waals surface area contributed by atoms with Crippen LogP contribution in [0.5, 0.6) is 5.75 Å². The standard InChI is InChI=1S/C13H14ClNO4/c14-10-6-7(2-4-11(10)16)12(17)15-9-3-1-8(5-9)13(18)19/h2,4,6,8-9,16H,1,3,5H2,(H,15,17)(H,18,19). The van der Waals surface area contributed by atoms with Gasteiger partial charge in [0.15, 0.2) is 0 Å². The highest BCUT2D eigenvalue weighted by Crippen LogP contribution is 2.27. The molecule has 1 aliphatic carbocycles. The van der Waals surface area contributed by atoms with Gasteiger partial charge in [0, 0.05) is 11.6 Å². The molecule has 1 aromatic rings. The smallest absolute Gasteiger partial charge is 0.306 e. The predicted molar refractivity (Wildman–Crippen MR) is 69.3 cm³/mol. The van der Waals surface area contributed by atoms with E-state index in [9.17, 15) is 14.7 Å². The SMILES string of the molecule is O=C(NC1CCC(C(=O)O)C1)c1ccc(O)c(Cl)c1. The summed E-state index contributed by atoms with van der Waals surface area (Å²) in [6.07, 6.45) is 1.69. The van der Waals surface area contributed by atoms with Gasteiger partial charge >= 0.3 is 5.97 Å². The van der Waals surface area contributed by atoms with Crippen molar-refractivity contribution in [3.8, 4) is 5.75 Å². The van der Waals surface area contributed by atoms with E-state index in [1.807, 2.05) is 0 Å². The number of carboxylic acid groups (broad SMARTS) is 1. The molecular weight excluding hydrogens is 270 g/mol. The van der Waals surface area contributed by atoms with Gasteiger partial charge in [0.05, 0.1) is 10.9 Å². The predicted octanol–water partition coefficient (Wildman–Crippen LogP) is 2.03. The quantitative estimate of drug-likeness (QED) is 0.792. The Labute approximate surface area is 115 Å². The van der Waals surface area contributed by atoms with E-state index in [-0.39, 0.29) is 28.6 Å². The lowest BCUT2D eigenvalue weighted by atomic mass is 10.1. The maximum Gasteiger partial charge on any atom is 0.306 e. The van der Waals surface area contributed by atoms with E-state index in [1.54, 1.807) is 0 Å². The molecule has 0 aromatic heterocycles. The molecule has 1 fully saturated rings. The molecule has 1 aliphatic rings. The van der Waals surface area contributed by atoms with Crippen molar-refractivity contribution in [1.82, 2.24) is 5.32 Å². The van der Waals surface area contributed by atoms with E-state index in [0.29, 0.717) is 24.8 Å². The average molecular weight is 284 g/mol. The lowest BCUT2D eigenvalue weighted by molar-refractivity contribution is -0.141. The first kappa shape index (κ1) is 13.7. The summed E-state index contributed by atoms with van der Waals surface area (Å²) in [6.45, 7) is 0. The van der Waals surface area contributed by atoms with Gasteiger partial charge in [0.1, 0.15) is 5.75 Å². The summed E-state index contributed by atoms with van der Waals surface area (Å²) in [4.78, 5) is 22.8. The third-order valence-electron chi connectivity index (χ3n) is 3.33. The molecule has 0 spiro atoms. The average Bonchev–Trinajstić information content (AvgIpc) is 2.81. The lowest BCUT2D eigenvalue weighted by Crippen LogP contribution is -2.33. The zero-order valence-electron chi connectivity index (χ0n) is 10.1. The highest BCUT2D eigenvalue weighted by Gasteiger charge is 2.30. The van der Waals surface area contributed by atoms with Gasteiger partial charge in [-0.05, 0) is 37.5 Å². The van der Waals surface area contributed by atoms with Crippen LogP contribution in [0.15, 0.2) is 18.2 Å². The second-order valence-corrected chi connectivity index (χ2v) is 5.09. The van der Waals surface area contributed by atoms with Gasteiger partial charge < -0.3 is 15.5 Å². The zero-order valence-corrected chi connectivity index (χ0v) is 10.9. The molecule has 2 unspecified atom stereocenters. The number of hydrogen-bond donors (Lipinski definition) is 3. The van der Waals surface area contributed by atoms with Crippen LogP contribution in [0.1, 0.15) is 29.6 Å². The molecule has 1 saturated carbocycles. The largest absolute Gasteiger partial charge is 0.506 e. The van der Waals surface area contributed by atoms with E-state index in [1.165, 1.54) is 18.2 Å². The van der Waals surface area contributed by atoms with Gasteiger partial charge in [0.2, 0.25) is 0 Å². The summed E-state index contributed by atoms with van der Waals surface area (Å²) in [5.41, 5.74) is 0.349. The molecule has 0 radical (unpaired) electrons. The number of phenolic OH excluding ortho intramolecular Hbond substituents is 1. The number of phenols is 1. The Morgan fingerprint density at radius 2 is 2.05 bits per heavy atom. The van der Waals surface area contributed by atoms with Crippen molar-refractivity contribution in [2.45, 2.75) is 25.3 Å². The van der Waals surface area contributed by atoms with E-state index in [4.69, 9.17) is 16.7 Å². The van der Waals surface area contributed by atoms with Crippen LogP contribution in [0.4, 0.5) is 0 Å². The van der Waals surface area contributed by atoms with Gasteiger partial charge in [0.25, 0.3) is 5.91 Å². The topological polar surface area (TPSA) is 86.6 Å². The molecule has 6 heteroatoms. The fourth-order valence-corrected chi connectivity index (χ4v) is 2.43. The van der Waals surface area contributed by atoms with Crippen molar-refractivity contribution in [2.24, 2.45) is 5.92 Å². The van der Waals surface area contributed by atoms with Gasteiger partial charge in [-0.15, -0.1) is 0 Å². The van der Waals surface area contributed by atoms with Crippen LogP contribution in [0.3, 0.4) is 0 Å². The number of aromatic hydroxyl groups is 1. The number of halogens is 1. The number of carbonyl (C=O) groups is 2. The van der Waals surface area contributed by atoms with E-state index < -0.39 is 5.97 Å². The van der Waals surface area contributed by atoms with Gasteiger partial charge in [-0.3, -0.25) is 9.59 Å². The summed E-state index contributed by atoms with van der Waals surface area (Å²) < 4.78 is 0. The summed E-state index contributed by atoms with van der Waals surface area (Å²) in [7, 11) is 0. The fourth-order valence-electron chi connectivity index (χ4n) is 2.25. The van der Waals surface area contributed by atoms with Crippen molar-refractivity contribution in [3.05, 3.63) is 28.8 Å². The van der Waals surface area contributed by atoms with Crippen LogP contribution >= 0.6 is 11.6 Å². The molecule has 2 atom stereocenters. The number of rotatable bonds is 3. The third kappa shape index (κ3) is 3.17. The van der Waals surface area contributed by atoms with Crippen LogP contribution in [0.2, 0.25) is 5.02 Å². The summed E-state index contributed by atoms with van der Waals surface area (Å²) >= 11 is 5.73. The number of carboxylic acids is 1. The number of aliphatic carboxylic acids is 1. The summed E-state index contributed by atoms with van der Waals surface area (Å²) in [5, 5.41) is 21.1. The van der Waals surface area contributed by atoms with Crippen LogP contribution in [0, 0.1) is 5.92 Å². The number of carbonyl (C=O) groups excluding carboxylic acids is 1. The van der Waals surface area contributed by atoms with Crippen LogP contribution < -0.4 is 5.32 Å². The number of benzene rings is 1. The molecular formula is C13H14ClNO4. The Morgan fingerprint density at radius 1 is 1.32 bits per heavy atom.